The Balaban J connectivity index is 0.000000162. The maximum atomic E-state index is 10.4. The van der Waals surface area contributed by atoms with Gasteiger partial charge in [-0.25, -0.2) is 0 Å². The lowest BCUT2D eigenvalue weighted by atomic mass is 9.90. The highest BCUT2D eigenvalue weighted by Gasteiger charge is 2.46. The molecule has 4 saturated heterocycles. The molecule has 4 fully saturated rings. The molecule has 10 rings (SSSR count). The summed E-state index contributed by atoms with van der Waals surface area (Å²) in [6.45, 7) is 1.54. The van der Waals surface area contributed by atoms with Crippen LogP contribution in [0.1, 0.15) is 58.1 Å². The van der Waals surface area contributed by atoms with E-state index in [0.717, 1.165) is 28.9 Å². The van der Waals surface area contributed by atoms with Crippen LogP contribution in [0, 0.1) is 0 Å². The number of aliphatic hydroxyl groups excluding tert-OH is 16. The molecule has 0 amide bonds. The van der Waals surface area contributed by atoms with Crippen molar-refractivity contribution in [3.8, 4) is 5.75 Å². The number of hydrogen-bond donors (Lipinski definition) is 16. The van der Waals surface area contributed by atoms with Crippen molar-refractivity contribution in [3.63, 3.8) is 0 Å². The third-order valence-electron chi connectivity index (χ3n) is 14.1. The number of methoxy groups -OCH3 is 1. The second-order valence-corrected chi connectivity index (χ2v) is 24.1. The van der Waals surface area contributed by atoms with Crippen LogP contribution in [-0.2, 0) is 31.8 Å². The summed E-state index contributed by atoms with van der Waals surface area (Å²) >= 11 is 6.97. The van der Waals surface area contributed by atoms with Crippen LogP contribution in [0.2, 0.25) is 0 Å². The van der Waals surface area contributed by atoms with Gasteiger partial charge < -0.3 is 105 Å². The number of hydrogen-bond acceptors (Lipinski definition) is 25. The molecule has 8 heterocycles. The molecule has 78 heavy (non-hydrogen) atoms. The van der Waals surface area contributed by atoms with Crippen LogP contribution in [0.25, 0.3) is 18.8 Å². The molecular formula is C53H70O21S4. The van der Waals surface area contributed by atoms with Gasteiger partial charge in [-0.1, -0.05) is 30.3 Å². The highest BCUT2D eigenvalue weighted by atomic mass is 32.2. The molecule has 16 N–H and O–H groups in total. The van der Waals surface area contributed by atoms with Crippen molar-refractivity contribution >= 4 is 64.1 Å². The first-order chi connectivity index (χ1) is 37.2. The molecule has 2 aromatic carbocycles. The van der Waals surface area contributed by atoms with Crippen molar-refractivity contribution in [1.29, 1.82) is 0 Å². The molecule has 4 aliphatic rings. The van der Waals surface area contributed by atoms with E-state index in [9.17, 15) is 71.5 Å². The molecule has 20 atom stereocenters. The summed E-state index contributed by atoms with van der Waals surface area (Å²) < 4.78 is 29.5. The lowest BCUT2D eigenvalue weighted by Crippen LogP contribution is -2.57. The molecule has 0 saturated carbocycles. The van der Waals surface area contributed by atoms with Gasteiger partial charge in [-0.2, -0.15) is 0 Å². The predicted molar refractivity (Wildman–Crippen MR) is 289 cm³/mol. The Hall–Kier alpha value is -3.24. The first kappa shape index (κ1) is 62.4. The van der Waals surface area contributed by atoms with E-state index in [1.807, 2.05) is 36.4 Å². The zero-order chi connectivity index (χ0) is 56.7. The van der Waals surface area contributed by atoms with E-state index >= 15 is 0 Å². The normalized spacial score (nSPS) is 35.0. The standard InChI is InChI=1S/C20H22O6S2.C19H20O5S2.2C7H14O5/c1-25-14-3-2-10(19-18(24)17(23)16(22)15(9-21)26-19)6-12(14)8-13-7-11-4-5-27-20(11)28-13;20-9-14-15(21)16(22)17(23)18(24-14)11-3-1-2-10(6-11)7-13-8-12-4-5-25-19(12)26-13;2*1-3-5(9)7(11)6(10)4(2-8)12-3/h2-7,15-19,21-24H,8-9H2,1H3;1-6,8,14-18,20-23H,7,9H2;2*3-11H,2H2,1H3/t15-,16-,17+,18-,19+;14-,15-,16+,17-,18+;2*3-,4+,5-,6+,7+/m1100/s1. The van der Waals surface area contributed by atoms with Crippen LogP contribution in [0.4, 0.5) is 0 Å². The van der Waals surface area contributed by atoms with Crippen LogP contribution in [0.15, 0.2) is 77.5 Å². The van der Waals surface area contributed by atoms with Crippen molar-refractivity contribution in [2.75, 3.05) is 33.5 Å². The summed E-state index contributed by atoms with van der Waals surface area (Å²) in [6.07, 6.45) is -19.9. The van der Waals surface area contributed by atoms with Gasteiger partial charge in [0, 0.05) is 33.4 Å². The van der Waals surface area contributed by atoms with E-state index in [0.29, 0.717) is 12.0 Å². The fourth-order valence-electron chi connectivity index (χ4n) is 9.52. The second-order valence-electron chi connectivity index (χ2n) is 19.5. The number of benzene rings is 2. The van der Waals surface area contributed by atoms with E-state index in [2.05, 4.69) is 35.0 Å². The monoisotopic (exact) mass is 1170 g/mol. The summed E-state index contributed by atoms with van der Waals surface area (Å²) in [5.74, 6) is 0.727. The largest absolute Gasteiger partial charge is 0.496 e. The third-order valence-corrected chi connectivity index (χ3v) is 18.5. The molecule has 6 aromatic rings. The molecule has 25 heteroatoms. The minimum atomic E-state index is -1.40. The molecule has 0 bridgehead atoms. The Morgan fingerprint density at radius 3 is 1.27 bits per heavy atom. The van der Waals surface area contributed by atoms with Crippen molar-refractivity contribution in [2.45, 2.75) is 149 Å². The summed E-state index contributed by atoms with van der Waals surface area (Å²) in [7, 11) is 1.61. The minimum Gasteiger partial charge on any atom is -0.496 e. The Morgan fingerprint density at radius 1 is 0.436 bits per heavy atom. The smallest absolute Gasteiger partial charge is 0.122 e. The quantitative estimate of drug-likeness (QED) is 0.0802. The Kier molecular flexibility index (Phi) is 22.5. The van der Waals surface area contributed by atoms with Crippen molar-refractivity contribution in [1.82, 2.24) is 0 Å². The average Bonchev–Trinajstić information content (AvgIpc) is 4.30. The molecule has 0 unspecified atom stereocenters. The fraction of sp³-hybridized carbons (Fsp3) is 0.547. The van der Waals surface area contributed by atoms with Crippen molar-refractivity contribution in [3.05, 3.63) is 109 Å². The molecule has 0 aliphatic carbocycles. The van der Waals surface area contributed by atoms with Crippen molar-refractivity contribution in [2.24, 2.45) is 0 Å². The highest BCUT2D eigenvalue weighted by Crippen LogP contribution is 2.39. The second kappa shape index (κ2) is 28.2. The molecule has 0 radical (unpaired) electrons. The SMILES string of the molecule is COc1ccc([C@@H]2O[C@H](CO)[C@@H](O)[C@H](O)[C@H]2O)cc1Cc1cc2ccsc2s1.C[C@@H]1O[C@H](CO)[C@@H](O)[C@H](O)[C@H]1O.C[C@@H]1O[C@H](CO)[C@@H](O)[C@H](O)[C@H]1O.OC[C@H]1O[C@@H](c2cccc(Cc3cc4ccsc4s3)c2)[C@H](O)[C@@H](O)[C@@H]1O. The van der Waals surface area contributed by atoms with Gasteiger partial charge in [0.05, 0.1) is 53.8 Å². The minimum absolute atomic E-state index is 0.366. The molecular weight excluding hydrogens is 1100 g/mol. The van der Waals surface area contributed by atoms with Gasteiger partial charge in [0.1, 0.15) is 116 Å². The van der Waals surface area contributed by atoms with Gasteiger partial charge in [0.2, 0.25) is 0 Å². The average molecular weight is 1170 g/mol. The molecule has 21 nitrogen and oxygen atoms in total. The van der Waals surface area contributed by atoms with Gasteiger partial charge in [0.15, 0.2) is 0 Å². The van der Waals surface area contributed by atoms with Crippen LogP contribution >= 0.6 is 45.3 Å². The van der Waals surface area contributed by atoms with E-state index in [1.165, 1.54) is 28.6 Å². The zero-order valence-corrected chi connectivity index (χ0v) is 45.9. The lowest BCUT2D eigenvalue weighted by Gasteiger charge is -2.40. The highest BCUT2D eigenvalue weighted by molar-refractivity contribution is 7.38. The molecule has 4 aliphatic heterocycles. The van der Waals surface area contributed by atoms with Crippen LogP contribution in [-0.4, -0.2) is 225 Å². The number of rotatable bonds is 11. The Labute approximate surface area is 464 Å². The molecule has 0 spiro atoms. The van der Waals surface area contributed by atoms with Gasteiger partial charge in [-0.3, -0.25) is 0 Å². The molecule has 432 valence electrons. The first-order valence-electron chi connectivity index (χ1n) is 25.1. The predicted octanol–water partition coefficient (Wildman–Crippen LogP) is -0.157. The maximum absolute atomic E-state index is 10.4. The number of aliphatic hydroxyl groups is 16. The van der Waals surface area contributed by atoms with Gasteiger partial charge in [0.25, 0.3) is 0 Å². The van der Waals surface area contributed by atoms with Gasteiger partial charge in [-0.05, 0) is 83.3 Å². The number of ether oxygens (including phenoxy) is 5. The van der Waals surface area contributed by atoms with E-state index < -0.39 is 135 Å². The summed E-state index contributed by atoms with van der Waals surface area (Å²) in [6, 6.07) is 21.7. The molecule has 4 aromatic heterocycles. The lowest BCUT2D eigenvalue weighted by molar-refractivity contribution is -0.231. The first-order valence-corrected chi connectivity index (χ1v) is 28.5. The zero-order valence-electron chi connectivity index (χ0n) is 42.6. The summed E-state index contributed by atoms with van der Waals surface area (Å²) in [5, 5.41) is 159. The Morgan fingerprint density at radius 2 is 0.846 bits per heavy atom. The fourth-order valence-corrected chi connectivity index (χ4v) is 13.9. The van der Waals surface area contributed by atoms with E-state index in [-0.39, 0.29) is 13.2 Å². The van der Waals surface area contributed by atoms with Gasteiger partial charge >= 0.3 is 0 Å². The van der Waals surface area contributed by atoms with E-state index in [1.54, 1.807) is 72.4 Å². The van der Waals surface area contributed by atoms with Crippen LogP contribution < -0.4 is 4.74 Å². The third kappa shape index (κ3) is 14.3. The maximum Gasteiger partial charge on any atom is 0.122 e. The summed E-state index contributed by atoms with van der Waals surface area (Å²) in [5.41, 5.74) is 3.39. The van der Waals surface area contributed by atoms with E-state index in [4.69, 9.17) is 33.9 Å². The Bertz CT molecular complexity index is 2660. The van der Waals surface area contributed by atoms with Gasteiger partial charge in [-0.15, -0.1) is 45.3 Å². The topological polar surface area (TPSA) is 370 Å². The number of thiophene rings is 4. The van der Waals surface area contributed by atoms with Crippen LogP contribution in [0.3, 0.4) is 0 Å². The van der Waals surface area contributed by atoms with Crippen LogP contribution in [0.5, 0.6) is 5.75 Å². The summed E-state index contributed by atoms with van der Waals surface area (Å²) in [4.78, 5) is 2.46. The number of fused-ring (bicyclic) bond motifs is 2. The van der Waals surface area contributed by atoms with Crippen molar-refractivity contribution < 1.29 is 105 Å².